The SMILES string of the molecule is Cc1cc(N)cc(S(=O)(=O)NC2CCC(C)C2C)c1F. The average Bonchev–Trinajstić information content (AvgIpc) is 2.65. The molecule has 0 amide bonds. The lowest BCUT2D eigenvalue weighted by Crippen LogP contribution is -2.37. The summed E-state index contributed by atoms with van der Waals surface area (Å²) >= 11 is 0. The average molecular weight is 300 g/mol. The zero-order valence-electron chi connectivity index (χ0n) is 12.0. The van der Waals surface area contributed by atoms with Crippen molar-refractivity contribution in [2.45, 2.75) is 44.6 Å². The molecule has 3 atom stereocenters. The van der Waals surface area contributed by atoms with Gasteiger partial charge in [-0.2, -0.15) is 0 Å². The second-order valence-corrected chi connectivity index (χ2v) is 7.47. The van der Waals surface area contributed by atoms with Crippen molar-refractivity contribution in [2.75, 3.05) is 5.73 Å². The topological polar surface area (TPSA) is 72.2 Å². The second kappa shape index (κ2) is 5.33. The second-order valence-electron chi connectivity index (χ2n) is 5.79. The van der Waals surface area contributed by atoms with E-state index in [2.05, 4.69) is 11.6 Å². The smallest absolute Gasteiger partial charge is 0.243 e. The summed E-state index contributed by atoms with van der Waals surface area (Å²) in [5.74, 6) is -0.0180. The molecule has 1 fully saturated rings. The van der Waals surface area contributed by atoms with Gasteiger partial charge in [0.2, 0.25) is 10.0 Å². The van der Waals surface area contributed by atoms with E-state index in [9.17, 15) is 12.8 Å². The van der Waals surface area contributed by atoms with Crippen LogP contribution >= 0.6 is 0 Å². The Bertz CT molecular complexity index is 616. The number of sulfonamides is 1. The summed E-state index contributed by atoms with van der Waals surface area (Å²) in [6, 6.07) is 2.46. The molecule has 0 aliphatic heterocycles. The highest BCUT2D eigenvalue weighted by atomic mass is 32.2. The fourth-order valence-corrected chi connectivity index (χ4v) is 4.30. The first-order valence-electron chi connectivity index (χ1n) is 6.80. The van der Waals surface area contributed by atoms with Crippen LogP contribution in [0.25, 0.3) is 0 Å². The van der Waals surface area contributed by atoms with Gasteiger partial charge >= 0.3 is 0 Å². The highest BCUT2D eigenvalue weighted by Crippen LogP contribution is 2.32. The summed E-state index contributed by atoms with van der Waals surface area (Å²) in [5, 5.41) is 0. The Morgan fingerprint density at radius 1 is 1.30 bits per heavy atom. The van der Waals surface area contributed by atoms with E-state index in [1.807, 2.05) is 6.92 Å². The molecule has 0 bridgehead atoms. The predicted molar refractivity (Wildman–Crippen MR) is 77.2 cm³/mol. The minimum atomic E-state index is -3.88. The molecule has 2 rings (SSSR count). The van der Waals surface area contributed by atoms with Crippen LogP contribution in [0.1, 0.15) is 32.3 Å². The molecule has 3 N–H and O–H groups in total. The molecule has 1 saturated carbocycles. The number of hydrogen-bond acceptors (Lipinski definition) is 3. The first-order valence-corrected chi connectivity index (χ1v) is 8.28. The summed E-state index contributed by atoms with van der Waals surface area (Å²) in [6.45, 7) is 5.63. The molecular weight excluding hydrogens is 279 g/mol. The number of anilines is 1. The first kappa shape index (κ1) is 15.3. The molecule has 0 saturated heterocycles. The molecule has 1 aromatic rings. The fourth-order valence-electron chi connectivity index (χ4n) is 2.75. The number of benzene rings is 1. The van der Waals surface area contributed by atoms with Crippen LogP contribution in [-0.4, -0.2) is 14.5 Å². The minimum Gasteiger partial charge on any atom is -0.399 e. The molecule has 3 unspecified atom stereocenters. The Labute approximate surface area is 119 Å². The van der Waals surface area contributed by atoms with Gasteiger partial charge in [-0.25, -0.2) is 17.5 Å². The molecule has 0 heterocycles. The van der Waals surface area contributed by atoms with Crippen molar-refractivity contribution in [3.05, 3.63) is 23.5 Å². The largest absolute Gasteiger partial charge is 0.399 e. The molecule has 6 heteroatoms. The molecule has 20 heavy (non-hydrogen) atoms. The van der Waals surface area contributed by atoms with Crippen molar-refractivity contribution >= 4 is 15.7 Å². The lowest BCUT2D eigenvalue weighted by Gasteiger charge is -2.20. The van der Waals surface area contributed by atoms with Gasteiger partial charge in [-0.05, 0) is 49.3 Å². The van der Waals surface area contributed by atoms with Crippen molar-refractivity contribution in [3.8, 4) is 0 Å². The monoisotopic (exact) mass is 300 g/mol. The maximum atomic E-state index is 14.1. The van der Waals surface area contributed by atoms with Crippen LogP contribution in [0.15, 0.2) is 17.0 Å². The van der Waals surface area contributed by atoms with E-state index in [0.717, 1.165) is 12.8 Å². The number of rotatable bonds is 3. The van der Waals surface area contributed by atoms with Crippen molar-refractivity contribution in [3.63, 3.8) is 0 Å². The van der Waals surface area contributed by atoms with Gasteiger partial charge in [0.15, 0.2) is 0 Å². The van der Waals surface area contributed by atoms with Gasteiger partial charge in [0, 0.05) is 11.7 Å². The van der Waals surface area contributed by atoms with Crippen molar-refractivity contribution in [1.82, 2.24) is 4.72 Å². The summed E-state index contributed by atoms with van der Waals surface area (Å²) in [7, 11) is -3.88. The number of nitrogens with one attached hydrogen (secondary N) is 1. The van der Waals surface area contributed by atoms with E-state index in [1.54, 1.807) is 0 Å². The molecule has 0 spiro atoms. The summed E-state index contributed by atoms with van der Waals surface area (Å²) in [5.41, 5.74) is 6.11. The summed E-state index contributed by atoms with van der Waals surface area (Å²) < 4.78 is 41.4. The summed E-state index contributed by atoms with van der Waals surface area (Å²) in [4.78, 5) is -0.359. The van der Waals surface area contributed by atoms with Gasteiger partial charge in [0.25, 0.3) is 0 Å². The fraction of sp³-hybridized carbons (Fsp3) is 0.571. The van der Waals surface area contributed by atoms with Crippen LogP contribution in [0.4, 0.5) is 10.1 Å². The van der Waals surface area contributed by atoms with Gasteiger partial charge < -0.3 is 5.73 Å². The molecule has 4 nitrogen and oxygen atoms in total. The molecule has 1 aliphatic rings. The van der Waals surface area contributed by atoms with Crippen LogP contribution in [0.3, 0.4) is 0 Å². The molecule has 0 radical (unpaired) electrons. The van der Waals surface area contributed by atoms with Crippen molar-refractivity contribution < 1.29 is 12.8 Å². The van der Waals surface area contributed by atoms with Crippen LogP contribution in [-0.2, 0) is 10.0 Å². The van der Waals surface area contributed by atoms with Gasteiger partial charge in [-0.3, -0.25) is 0 Å². The quantitative estimate of drug-likeness (QED) is 0.842. The zero-order chi connectivity index (χ0) is 15.1. The predicted octanol–water partition coefficient (Wildman–Crippen LogP) is 2.43. The highest BCUT2D eigenvalue weighted by molar-refractivity contribution is 7.89. The lowest BCUT2D eigenvalue weighted by molar-refractivity contribution is 0.401. The van der Waals surface area contributed by atoms with Crippen molar-refractivity contribution in [1.29, 1.82) is 0 Å². The van der Waals surface area contributed by atoms with E-state index in [-0.39, 0.29) is 28.1 Å². The Morgan fingerprint density at radius 2 is 1.95 bits per heavy atom. The van der Waals surface area contributed by atoms with E-state index in [0.29, 0.717) is 5.92 Å². The van der Waals surface area contributed by atoms with E-state index in [1.165, 1.54) is 19.1 Å². The molecule has 1 aliphatic carbocycles. The number of halogens is 1. The normalized spacial score (nSPS) is 26.9. The van der Waals surface area contributed by atoms with Crippen LogP contribution in [0, 0.1) is 24.6 Å². The van der Waals surface area contributed by atoms with Crippen LogP contribution < -0.4 is 10.5 Å². The van der Waals surface area contributed by atoms with Gasteiger partial charge in [-0.1, -0.05) is 13.8 Å². The number of hydrogen-bond donors (Lipinski definition) is 2. The lowest BCUT2D eigenvalue weighted by atomic mass is 9.98. The number of nitrogen functional groups attached to an aromatic ring is 1. The Balaban J connectivity index is 2.32. The maximum Gasteiger partial charge on any atom is 0.243 e. The molecule has 112 valence electrons. The van der Waals surface area contributed by atoms with Gasteiger partial charge in [-0.15, -0.1) is 0 Å². The van der Waals surface area contributed by atoms with E-state index < -0.39 is 15.8 Å². The Kier molecular flexibility index (Phi) is 4.07. The van der Waals surface area contributed by atoms with E-state index in [4.69, 9.17) is 5.73 Å². The van der Waals surface area contributed by atoms with Crippen molar-refractivity contribution in [2.24, 2.45) is 11.8 Å². The standard InChI is InChI=1S/C14H21FN2O2S/c1-8-4-5-12(10(8)3)17-20(18,19)13-7-11(16)6-9(2)14(13)15/h6-8,10,12,17H,4-5,16H2,1-3H3. The van der Waals surface area contributed by atoms with Crippen LogP contribution in [0.5, 0.6) is 0 Å². The molecular formula is C14H21FN2O2S. The van der Waals surface area contributed by atoms with Crippen LogP contribution in [0.2, 0.25) is 0 Å². The number of nitrogens with two attached hydrogens (primary N) is 1. The van der Waals surface area contributed by atoms with Gasteiger partial charge in [0.1, 0.15) is 10.7 Å². The Morgan fingerprint density at radius 3 is 2.50 bits per heavy atom. The third-order valence-corrected chi connectivity index (χ3v) is 5.79. The summed E-state index contributed by atoms with van der Waals surface area (Å²) in [6.07, 6.45) is 1.76. The molecule has 1 aromatic carbocycles. The van der Waals surface area contributed by atoms with E-state index >= 15 is 0 Å². The minimum absolute atomic E-state index is 0.142. The number of aryl methyl sites for hydroxylation is 1. The first-order chi connectivity index (χ1) is 9.22. The molecule has 0 aromatic heterocycles. The third-order valence-electron chi connectivity index (χ3n) is 4.30. The third kappa shape index (κ3) is 2.81. The van der Waals surface area contributed by atoms with Gasteiger partial charge in [0.05, 0.1) is 0 Å². The zero-order valence-corrected chi connectivity index (χ0v) is 12.8. The highest BCUT2D eigenvalue weighted by Gasteiger charge is 2.34. The Hall–Kier alpha value is -1.14. The maximum absolute atomic E-state index is 14.1.